The molecule has 2 aromatic rings. The molecular weight excluding hydrogens is 336 g/mol. The van der Waals surface area contributed by atoms with Crippen LogP contribution in [0.5, 0.6) is 5.75 Å². The van der Waals surface area contributed by atoms with Gasteiger partial charge in [-0.05, 0) is 37.0 Å². The molecule has 144 valence electrons. The minimum atomic E-state index is -0.681. The third kappa shape index (κ3) is 3.83. The van der Waals surface area contributed by atoms with Gasteiger partial charge in [0.15, 0.2) is 0 Å². The SMILES string of the molecule is C[CH-]c1cc(C2(c3ccc(OC(=O)OC)c(C)c3)CCCCC2)ccc1C. The molecular formula is C24H29O3-. The average Bonchev–Trinajstić information content (AvgIpc) is 2.70. The number of benzene rings is 2. The van der Waals surface area contributed by atoms with Crippen molar-refractivity contribution in [1.29, 1.82) is 0 Å². The van der Waals surface area contributed by atoms with E-state index in [1.807, 2.05) is 13.0 Å². The first-order chi connectivity index (χ1) is 13.0. The zero-order valence-electron chi connectivity index (χ0n) is 16.8. The van der Waals surface area contributed by atoms with Crippen molar-refractivity contribution in [3.63, 3.8) is 0 Å². The third-order valence-electron chi connectivity index (χ3n) is 5.94. The molecule has 1 aliphatic rings. The number of hydrogen-bond acceptors (Lipinski definition) is 3. The second-order valence-electron chi connectivity index (χ2n) is 7.54. The molecule has 0 aliphatic heterocycles. The van der Waals surface area contributed by atoms with Gasteiger partial charge in [0, 0.05) is 5.41 Å². The van der Waals surface area contributed by atoms with Crippen LogP contribution in [-0.2, 0) is 10.2 Å². The van der Waals surface area contributed by atoms with E-state index in [1.54, 1.807) is 0 Å². The predicted molar refractivity (Wildman–Crippen MR) is 108 cm³/mol. The predicted octanol–water partition coefficient (Wildman–Crippen LogP) is 6.27. The van der Waals surface area contributed by atoms with Crippen molar-refractivity contribution in [1.82, 2.24) is 0 Å². The summed E-state index contributed by atoms with van der Waals surface area (Å²) in [7, 11) is 1.32. The molecule has 0 unspecified atom stereocenters. The largest absolute Gasteiger partial charge is 0.513 e. The molecule has 0 saturated heterocycles. The topological polar surface area (TPSA) is 35.5 Å². The van der Waals surface area contributed by atoms with Crippen molar-refractivity contribution >= 4 is 6.16 Å². The molecule has 2 aromatic carbocycles. The Morgan fingerprint density at radius 1 is 0.963 bits per heavy atom. The standard InChI is InChI=1S/C24H29O3/c1-5-19-16-21(10-9-17(19)2)24(13-7-6-8-14-24)20-11-12-22(18(3)15-20)27-23(25)26-4/h5,9-12,15-16H,6-8,13-14H2,1-4H3/q-1. The third-order valence-corrected chi connectivity index (χ3v) is 5.94. The van der Waals surface area contributed by atoms with Crippen molar-refractivity contribution in [2.24, 2.45) is 0 Å². The van der Waals surface area contributed by atoms with Gasteiger partial charge >= 0.3 is 6.16 Å². The Balaban J connectivity index is 2.05. The molecule has 1 fully saturated rings. The van der Waals surface area contributed by atoms with Gasteiger partial charge in [-0.15, -0.1) is 6.07 Å². The molecule has 0 radical (unpaired) electrons. The zero-order chi connectivity index (χ0) is 19.4. The molecule has 0 aromatic heterocycles. The van der Waals surface area contributed by atoms with Gasteiger partial charge in [-0.1, -0.05) is 56.9 Å². The van der Waals surface area contributed by atoms with E-state index < -0.39 is 6.16 Å². The van der Waals surface area contributed by atoms with E-state index in [0.717, 1.165) is 18.4 Å². The fourth-order valence-corrected chi connectivity index (χ4v) is 4.34. The Hall–Kier alpha value is -2.42. The average molecular weight is 365 g/mol. The summed E-state index contributed by atoms with van der Waals surface area (Å²) in [5.74, 6) is 0.558. The Labute approximate surface area is 162 Å². The number of carbonyl (C=O) groups excluding carboxylic acids is 1. The normalized spacial score (nSPS) is 15.9. The second-order valence-corrected chi connectivity index (χ2v) is 7.54. The minimum absolute atomic E-state index is 0.0261. The number of aryl methyl sites for hydroxylation is 2. The molecule has 0 heterocycles. The number of carbonyl (C=O) groups is 1. The lowest BCUT2D eigenvalue weighted by molar-refractivity contribution is 0.121. The molecule has 0 spiro atoms. The van der Waals surface area contributed by atoms with Crippen LogP contribution in [0, 0.1) is 20.3 Å². The Morgan fingerprint density at radius 3 is 2.26 bits per heavy atom. The number of hydrogen-bond donors (Lipinski definition) is 0. The lowest BCUT2D eigenvalue weighted by Gasteiger charge is -2.41. The highest BCUT2D eigenvalue weighted by atomic mass is 16.7. The first-order valence-corrected chi connectivity index (χ1v) is 9.77. The zero-order valence-corrected chi connectivity index (χ0v) is 16.8. The van der Waals surface area contributed by atoms with Crippen molar-refractivity contribution in [3.05, 3.63) is 70.6 Å². The van der Waals surface area contributed by atoms with Gasteiger partial charge < -0.3 is 9.47 Å². The monoisotopic (exact) mass is 365 g/mol. The van der Waals surface area contributed by atoms with E-state index in [0.29, 0.717) is 5.75 Å². The fraction of sp³-hybridized carbons (Fsp3) is 0.417. The van der Waals surface area contributed by atoms with Crippen LogP contribution in [-0.4, -0.2) is 13.3 Å². The summed E-state index contributed by atoms with van der Waals surface area (Å²) >= 11 is 0. The van der Waals surface area contributed by atoms with Crippen LogP contribution in [0.2, 0.25) is 0 Å². The molecule has 3 heteroatoms. The lowest BCUT2D eigenvalue weighted by Crippen LogP contribution is -2.30. The molecule has 0 atom stereocenters. The Bertz CT molecular complexity index is 816. The second kappa shape index (κ2) is 8.08. The number of rotatable bonds is 4. The van der Waals surface area contributed by atoms with E-state index in [9.17, 15) is 4.79 Å². The van der Waals surface area contributed by atoms with E-state index in [-0.39, 0.29) is 5.41 Å². The van der Waals surface area contributed by atoms with Crippen LogP contribution in [0.15, 0.2) is 36.4 Å². The van der Waals surface area contributed by atoms with Crippen molar-refractivity contribution in [2.45, 2.75) is 58.3 Å². The Morgan fingerprint density at radius 2 is 1.63 bits per heavy atom. The summed E-state index contributed by atoms with van der Waals surface area (Å²) < 4.78 is 9.88. The molecule has 1 saturated carbocycles. The highest BCUT2D eigenvalue weighted by Crippen LogP contribution is 2.46. The van der Waals surface area contributed by atoms with E-state index in [2.05, 4.69) is 55.3 Å². The molecule has 3 rings (SSSR count). The maximum absolute atomic E-state index is 11.5. The van der Waals surface area contributed by atoms with Crippen molar-refractivity contribution in [2.75, 3.05) is 7.11 Å². The van der Waals surface area contributed by atoms with Crippen LogP contribution in [0.4, 0.5) is 4.79 Å². The van der Waals surface area contributed by atoms with Gasteiger partial charge in [0.25, 0.3) is 0 Å². The summed E-state index contributed by atoms with van der Waals surface area (Å²) in [6, 6.07) is 13.1. The number of methoxy groups -OCH3 is 1. The van der Waals surface area contributed by atoms with Gasteiger partial charge in [-0.2, -0.15) is 23.6 Å². The van der Waals surface area contributed by atoms with Gasteiger partial charge in [0.05, 0.1) is 7.11 Å². The first-order valence-electron chi connectivity index (χ1n) is 9.77. The smallest absolute Gasteiger partial charge is 0.437 e. The van der Waals surface area contributed by atoms with Gasteiger partial charge in [-0.25, -0.2) is 4.79 Å². The molecule has 0 amide bonds. The quantitative estimate of drug-likeness (QED) is 0.364. The molecule has 0 bridgehead atoms. The summed E-state index contributed by atoms with van der Waals surface area (Å²) in [6.07, 6.45) is 7.57. The molecule has 0 N–H and O–H groups in total. The maximum Gasteiger partial charge on any atom is 0.513 e. The highest BCUT2D eigenvalue weighted by molar-refractivity contribution is 5.64. The van der Waals surface area contributed by atoms with Crippen LogP contribution in [0.3, 0.4) is 0 Å². The lowest BCUT2D eigenvalue weighted by atomic mass is 9.64. The van der Waals surface area contributed by atoms with Crippen LogP contribution >= 0.6 is 0 Å². The maximum atomic E-state index is 11.5. The summed E-state index contributed by atoms with van der Waals surface area (Å²) in [5.41, 5.74) is 6.30. The summed E-state index contributed by atoms with van der Waals surface area (Å²) in [4.78, 5) is 11.5. The molecule has 27 heavy (non-hydrogen) atoms. The van der Waals surface area contributed by atoms with Gasteiger partial charge in [-0.3, -0.25) is 0 Å². The van der Waals surface area contributed by atoms with E-state index in [1.165, 1.54) is 48.6 Å². The fourth-order valence-electron chi connectivity index (χ4n) is 4.34. The minimum Gasteiger partial charge on any atom is -0.437 e. The van der Waals surface area contributed by atoms with Crippen LogP contribution < -0.4 is 4.74 Å². The molecule has 1 aliphatic carbocycles. The Kier molecular flexibility index (Phi) is 5.79. The van der Waals surface area contributed by atoms with Gasteiger partial charge in [0.2, 0.25) is 0 Å². The highest BCUT2D eigenvalue weighted by Gasteiger charge is 2.34. The van der Waals surface area contributed by atoms with Gasteiger partial charge in [0.1, 0.15) is 5.75 Å². The van der Waals surface area contributed by atoms with Crippen LogP contribution in [0.1, 0.15) is 66.8 Å². The summed E-state index contributed by atoms with van der Waals surface area (Å²) in [5, 5.41) is 0. The first kappa shape index (κ1) is 19.3. The van der Waals surface area contributed by atoms with Crippen LogP contribution in [0.25, 0.3) is 0 Å². The number of ether oxygens (including phenoxy) is 2. The molecule has 3 nitrogen and oxygen atoms in total. The van der Waals surface area contributed by atoms with E-state index >= 15 is 0 Å². The van der Waals surface area contributed by atoms with E-state index in [4.69, 9.17) is 4.74 Å². The van der Waals surface area contributed by atoms with Crippen molar-refractivity contribution in [3.8, 4) is 5.75 Å². The van der Waals surface area contributed by atoms with Crippen molar-refractivity contribution < 1.29 is 14.3 Å². The summed E-state index contributed by atoms with van der Waals surface area (Å²) in [6.45, 7) is 6.25.